The van der Waals surface area contributed by atoms with Crippen LogP contribution in [0.15, 0.2) is 12.1 Å². The molecule has 1 aromatic rings. The third kappa shape index (κ3) is 6.65. The molecule has 0 saturated heterocycles. The summed E-state index contributed by atoms with van der Waals surface area (Å²) in [7, 11) is 0. The van der Waals surface area contributed by atoms with Crippen molar-refractivity contribution >= 4 is 5.97 Å². The molecule has 1 aliphatic heterocycles. The van der Waals surface area contributed by atoms with Crippen LogP contribution < -0.4 is 4.74 Å². The molecular formula is C25H40O4. The lowest BCUT2D eigenvalue weighted by molar-refractivity contribution is -0.143. The van der Waals surface area contributed by atoms with Gasteiger partial charge in [-0.1, -0.05) is 47.0 Å². The number of phenolic OH excluding ortho intramolecular Hbond substituents is 1. The zero-order valence-corrected chi connectivity index (χ0v) is 19.3. The second kappa shape index (κ2) is 9.86. The van der Waals surface area contributed by atoms with E-state index in [1.165, 1.54) is 12.8 Å². The molecule has 0 amide bonds. The van der Waals surface area contributed by atoms with Gasteiger partial charge in [0.1, 0.15) is 17.1 Å². The van der Waals surface area contributed by atoms with Crippen molar-refractivity contribution in [3.05, 3.63) is 23.3 Å². The lowest BCUT2D eigenvalue weighted by Crippen LogP contribution is -2.34. The summed E-state index contributed by atoms with van der Waals surface area (Å²) < 4.78 is 11.5. The molecule has 1 unspecified atom stereocenters. The van der Waals surface area contributed by atoms with Gasteiger partial charge in [-0.15, -0.1) is 0 Å². The summed E-state index contributed by atoms with van der Waals surface area (Å²) in [6.07, 6.45) is 7.32. The molecule has 2 rings (SSSR count). The van der Waals surface area contributed by atoms with Crippen LogP contribution in [-0.4, -0.2) is 23.3 Å². The van der Waals surface area contributed by atoms with Crippen LogP contribution in [0.25, 0.3) is 0 Å². The zero-order chi connectivity index (χ0) is 21.7. The van der Waals surface area contributed by atoms with Gasteiger partial charge in [-0.3, -0.25) is 4.79 Å². The van der Waals surface area contributed by atoms with E-state index in [9.17, 15) is 9.90 Å². The third-order valence-electron chi connectivity index (χ3n) is 6.02. The molecule has 0 radical (unpaired) electrons. The largest absolute Gasteiger partial charge is 0.508 e. The molecule has 1 atom stereocenters. The molecule has 0 aliphatic carbocycles. The summed E-state index contributed by atoms with van der Waals surface area (Å²) in [5.41, 5.74) is 1.50. The molecule has 164 valence electrons. The highest BCUT2D eigenvalue weighted by atomic mass is 16.5. The predicted octanol–water partition coefficient (Wildman–Crippen LogP) is 6.63. The van der Waals surface area contributed by atoms with Crippen molar-refractivity contribution in [1.82, 2.24) is 0 Å². The first-order valence-electron chi connectivity index (χ1n) is 11.3. The number of benzene rings is 1. The Morgan fingerprint density at radius 1 is 1.24 bits per heavy atom. The Labute approximate surface area is 177 Å². The van der Waals surface area contributed by atoms with E-state index in [4.69, 9.17) is 9.47 Å². The minimum absolute atomic E-state index is 0.120. The monoisotopic (exact) mass is 404 g/mol. The highest BCUT2D eigenvalue weighted by molar-refractivity contribution is 5.69. The van der Waals surface area contributed by atoms with E-state index in [1.54, 1.807) is 0 Å². The summed E-state index contributed by atoms with van der Waals surface area (Å²) >= 11 is 0. The van der Waals surface area contributed by atoms with Crippen LogP contribution in [0, 0.1) is 0 Å². The van der Waals surface area contributed by atoms with E-state index >= 15 is 0 Å². The quantitative estimate of drug-likeness (QED) is 0.351. The van der Waals surface area contributed by atoms with Crippen LogP contribution in [-0.2, 0) is 14.9 Å². The van der Waals surface area contributed by atoms with Crippen LogP contribution in [0.3, 0.4) is 0 Å². The number of hydrogen-bond acceptors (Lipinski definition) is 4. The Morgan fingerprint density at radius 2 is 1.97 bits per heavy atom. The Morgan fingerprint density at radius 3 is 2.66 bits per heavy atom. The van der Waals surface area contributed by atoms with E-state index < -0.39 is 0 Å². The van der Waals surface area contributed by atoms with Gasteiger partial charge in [-0.2, -0.15) is 0 Å². The van der Waals surface area contributed by atoms with Gasteiger partial charge in [-0.25, -0.2) is 0 Å². The summed E-state index contributed by atoms with van der Waals surface area (Å²) in [6.45, 7) is 13.3. The van der Waals surface area contributed by atoms with E-state index in [1.807, 2.05) is 12.1 Å². The molecule has 4 heteroatoms. The minimum Gasteiger partial charge on any atom is -0.508 e. The van der Waals surface area contributed by atoms with Gasteiger partial charge in [0.05, 0.1) is 6.61 Å². The van der Waals surface area contributed by atoms with Gasteiger partial charge < -0.3 is 14.6 Å². The second-order valence-electron chi connectivity index (χ2n) is 9.89. The number of fused-ring (bicyclic) bond motifs is 1. The average molecular weight is 405 g/mol. The van der Waals surface area contributed by atoms with Crippen molar-refractivity contribution in [2.24, 2.45) is 0 Å². The van der Waals surface area contributed by atoms with E-state index in [-0.39, 0.29) is 17.0 Å². The molecule has 1 heterocycles. The maximum Gasteiger partial charge on any atom is 0.305 e. The number of unbranched alkanes of at least 4 members (excludes halogenated alkanes) is 3. The topological polar surface area (TPSA) is 55.8 Å². The Kier molecular flexibility index (Phi) is 8.02. The molecule has 29 heavy (non-hydrogen) atoms. The van der Waals surface area contributed by atoms with Crippen molar-refractivity contribution in [2.45, 2.75) is 110 Å². The molecule has 4 nitrogen and oxygen atoms in total. The lowest BCUT2D eigenvalue weighted by Gasteiger charge is -2.38. The van der Waals surface area contributed by atoms with Gasteiger partial charge >= 0.3 is 5.97 Å². The van der Waals surface area contributed by atoms with Crippen LogP contribution in [0.2, 0.25) is 0 Å². The van der Waals surface area contributed by atoms with Gasteiger partial charge in [0.25, 0.3) is 0 Å². The highest BCUT2D eigenvalue weighted by Gasteiger charge is 2.34. The fraction of sp³-hybridized carbons (Fsp3) is 0.720. The fourth-order valence-electron chi connectivity index (χ4n) is 4.38. The molecule has 1 N–H and O–H groups in total. The minimum atomic E-state index is -0.255. The molecule has 0 bridgehead atoms. The molecule has 0 spiro atoms. The van der Waals surface area contributed by atoms with Crippen molar-refractivity contribution in [3.63, 3.8) is 0 Å². The van der Waals surface area contributed by atoms with Crippen LogP contribution >= 0.6 is 0 Å². The number of phenols is 1. The van der Waals surface area contributed by atoms with E-state index in [2.05, 4.69) is 41.5 Å². The van der Waals surface area contributed by atoms with Gasteiger partial charge in [0, 0.05) is 17.5 Å². The number of hydrogen-bond donors (Lipinski definition) is 1. The van der Waals surface area contributed by atoms with Crippen LogP contribution in [0.5, 0.6) is 11.5 Å². The third-order valence-corrected chi connectivity index (χ3v) is 6.02. The smallest absolute Gasteiger partial charge is 0.305 e. The van der Waals surface area contributed by atoms with E-state index in [0.717, 1.165) is 49.0 Å². The van der Waals surface area contributed by atoms with Gasteiger partial charge in [0.15, 0.2) is 0 Å². The number of carbonyl (C=O) groups excluding carboxylic acids is 1. The zero-order valence-electron chi connectivity index (χ0n) is 19.3. The first-order valence-corrected chi connectivity index (χ1v) is 11.3. The number of esters is 1. The number of rotatable bonds is 10. The normalized spacial score (nSPS) is 18.1. The lowest BCUT2D eigenvalue weighted by atomic mass is 9.77. The Balaban J connectivity index is 1.94. The van der Waals surface area contributed by atoms with Gasteiger partial charge in [0.2, 0.25) is 0 Å². The summed E-state index contributed by atoms with van der Waals surface area (Å²) in [5.74, 6) is 1.43. The first kappa shape index (κ1) is 23.6. The summed E-state index contributed by atoms with van der Waals surface area (Å²) in [5, 5.41) is 10.7. The summed E-state index contributed by atoms with van der Waals surface area (Å²) in [4.78, 5) is 12.0. The maximum absolute atomic E-state index is 12.0. The molecule has 0 aromatic heterocycles. The van der Waals surface area contributed by atoms with Crippen molar-refractivity contribution < 1.29 is 19.4 Å². The highest BCUT2D eigenvalue weighted by Crippen LogP contribution is 2.46. The first-order chi connectivity index (χ1) is 13.6. The predicted molar refractivity (Wildman–Crippen MR) is 118 cm³/mol. The van der Waals surface area contributed by atoms with Crippen molar-refractivity contribution in [3.8, 4) is 11.5 Å². The molecule has 0 saturated carbocycles. The molecule has 1 aromatic carbocycles. The molecule has 1 aliphatic rings. The van der Waals surface area contributed by atoms with Crippen LogP contribution in [0.4, 0.5) is 0 Å². The Bertz CT molecular complexity index is 690. The fourth-order valence-corrected chi connectivity index (χ4v) is 4.38. The number of aromatic hydroxyl groups is 1. The maximum atomic E-state index is 12.0. The molecule has 0 fully saturated rings. The van der Waals surface area contributed by atoms with Crippen molar-refractivity contribution in [2.75, 3.05) is 6.61 Å². The molecular weight excluding hydrogens is 364 g/mol. The van der Waals surface area contributed by atoms with Gasteiger partial charge in [-0.05, 0) is 63.0 Å². The average Bonchev–Trinajstić information content (AvgIpc) is 2.61. The van der Waals surface area contributed by atoms with Crippen LogP contribution in [0.1, 0.15) is 110 Å². The Hall–Kier alpha value is -1.71. The van der Waals surface area contributed by atoms with Crippen molar-refractivity contribution in [1.29, 1.82) is 0 Å². The summed E-state index contributed by atoms with van der Waals surface area (Å²) in [6, 6.07) is 3.88. The second-order valence-corrected chi connectivity index (χ2v) is 9.89. The number of ether oxygens (including phenoxy) is 2. The standard InChI is InChI=1S/C25H40O4/c1-7-8-9-10-14-28-23(27)12-11-13-24(3,4)20-16-22-19(15-21(20)26)18(2)17-25(5,6)29-22/h15-16,18,26H,7-14,17H2,1-6H3. The SMILES string of the molecule is CCCCCCOC(=O)CCCC(C)(C)c1cc2c(cc1O)C(C)CC(C)(C)O2. The van der Waals surface area contributed by atoms with E-state index in [0.29, 0.717) is 24.7 Å². The number of carbonyl (C=O) groups is 1.